The average Bonchev–Trinajstić information content (AvgIpc) is 2.80. The monoisotopic (exact) mass is 236 g/mol. The lowest BCUT2D eigenvalue weighted by Crippen LogP contribution is -2.07. The SMILES string of the molecule is CCOc1ccc(-c2cnc(NN)[nH]2)cc1F. The Balaban J connectivity index is 2.30. The van der Waals surface area contributed by atoms with E-state index < -0.39 is 5.82 Å². The smallest absolute Gasteiger partial charge is 0.215 e. The van der Waals surface area contributed by atoms with Crippen molar-refractivity contribution in [2.75, 3.05) is 12.0 Å². The third-order valence-electron chi connectivity index (χ3n) is 2.26. The molecule has 2 rings (SSSR count). The van der Waals surface area contributed by atoms with E-state index in [2.05, 4.69) is 15.4 Å². The lowest BCUT2D eigenvalue weighted by atomic mass is 10.1. The Hall–Kier alpha value is -2.08. The van der Waals surface area contributed by atoms with Crippen LogP contribution in [0.4, 0.5) is 10.3 Å². The molecule has 0 aliphatic rings. The molecule has 0 spiro atoms. The number of ether oxygens (including phenoxy) is 1. The molecule has 0 fully saturated rings. The number of benzene rings is 1. The summed E-state index contributed by atoms with van der Waals surface area (Å²) in [6.45, 7) is 2.24. The zero-order valence-corrected chi connectivity index (χ0v) is 9.33. The molecule has 6 heteroatoms. The summed E-state index contributed by atoms with van der Waals surface area (Å²) in [5, 5.41) is 0. The zero-order valence-electron chi connectivity index (χ0n) is 9.33. The van der Waals surface area contributed by atoms with E-state index in [1.165, 1.54) is 6.07 Å². The second-order valence-corrected chi connectivity index (χ2v) is 3.37. The van der Waals surface area contributed by atoms with Crippen LogP contribution < -0.4 is 16.0 Å². The predicted molar refractivity (Wildman–Crippen MR) is 63.0 cm³/mol. The summed E-state index contributed by atoms with van der Waals surface area (Å²) in [4.78, 5) is 6.86. The normalized spacial score (nSPS) is 10.3. The third kappa shape index (κ3) is 2.36. The summed E-state index contributed by atoms with van der Waals surface area (Å²) in [6.07, 6.45) is 1.57. The molecule has 4 N–H and O–H groups in total. The molecule has 0 atom stereocenters. The Bertz CT molecular complexity index is 512. The van der Waals surface area contributed by atoms with Crippen molar-refractivity contribution in [3.8, 4) is 17.0 Å². The molecular weight excluding hydrogens is 223 g/mol. The molecule has 2 aromatic rings. The quantitative estimate of drug-likeness (QED) is 0.559. The molecule has 0 unspecified atom stereocenters. The fraction of sp³-hybridized carbons (Fsp3) is 0.182. The van der Waals surface area contributed by atoms with Gasteiger partial charge in [-0.15, -0.1) is 0 Å². The van der Waals surface area contributed by atoms with Gasteiger partial charge in [-0.2, -0.15) is 0 Å². The maximum atomic E-state index is 13.6. The highest BCUT2D eigenvalue weighted by molar-refractivity contribution is 5.61. The van der Waals surface area contributed by atoms with Gasteiger partial charge < -0.3 is 9.72 Å². The Kier molecular flexibility index (Phi) is 3.24. The number of halogens is 1. The van der Waals surface area contributed by atoms with Crippen molar-refractivity contribution in [2.45, 2.75) is 6.92 Å². The first-order valence-electron chi connectivity index (χ1n) is 5.19. The molecule has 90 valence electrons. The van der Waals surface area contributed by atoms with Gasteiger partial charge in [0.05, 0.1) is 18.5 Å². The van der Waals surface area contributed by atoms with Gasteiger partial charge in [0.15, 0.2) is 11.6 Å². The summed E-state index contributed by atoms with van der Waals surface area (Å²) in [5.41, 5.74) is 3.74. The maximum Gasteiger partial charge on any atom is 0.215 e. The van der Waals surface area contributed by atoms with E-state index >= 15 is 0 Å². The largest absolute Gasteiger partial charge is 0.491 e. The minimum atomic E-state index is -0.402. The van der Waals surface area contributed by atoms with E-state index in [1.807, 2.05) is 0 Å². The molecule has 0 aliphatic heterocycles. The molecule has 0 aliphatic carbocycles. The predicted octanol–water partition coefficient (Wildman–Crippen LogP) is 1.90. The number of nitrogens with one attached hydrogen (secondary N) is 2. The summed E-state index contributed by atoms with van der Waals surface area (Å²) < 4.78 is 18.7. The first-order valence-corrected chi connectivity index (χ1v) is 5.19. The van der Waals surface area contributed by atoms with Crippen molar-refractivity contribution >= 4 is 5.95 Å². The number of hydrogen-bond acceptors (Lipinski definition) is 4. The number of anilines is 1. The zero-order chi connectivity index (χ0) is 12.3. The molecule has 1 aromatic heterocycles. The topological polar surface area (TPSA) is 76.0 Å². The number of imidazole rings is 1. The molecule has 1 heterocycles. The van der Waals surface area contributed by atoms with Crippen molar-refractivity contribution in [1.29, 1.82) is 0 Å². The van der Waals surface area contributed by atoms with Crippen molar-refractivity contribution in [1.82, 2.24) is 9.97 Å². The number of nitrogen functional groups attached to an aromatic ring is 1. The number of aromatic amines is 1. The Labute approximate surface area is 97.8 Å². The van der Waals surface area contributed by atoms with Crippen molar-refractivity contribution in [2.24, 2.45) is 5.84 Å². The minimum absolute atomic E-state index is 0.243. The van der Waals surface area contributed by atoms with Gasteiger partial charge in [0.2, 0.25) is 5.95 Å². The van der Waals surface area contributed by atoms with Crippen LogP contribution in [-0.4, -0.2) is 16.6 Å². The van der Waals surface area contributed by atoms with Gasteiger partial charge in [-0.05, 0) is 25.1 Å². The molecular formula is C11H13FN4O. The van der Waals surface area contributed by atoms with E-state index in [9.17, 15) is 4.39 Å². The molecule has 0 bridgehead atoms. The van der Waals surface area contributed by atoms with Gasteiger partial charge in [-0.1, -0.05) is 0 Å². The highest BCUT2D eigenvalue weighted by Crippen LogP contribution is 2.25. The second kappa shape index (κ2) is 4.84. The highest BCUT2D eigenvalue weighted by atomic mass is 19.1. The van der Waals surface area contributed by atoms with E-state index in [0.29, 0.717) is 23.8 Å². The lowest BCUT2D eigenvalue weighted by Gasteiger charge is -2.05. The number of hydrogen-bond donors (Lipinski definition) is 3. The van der Waals surface area contributed by atoms with Crippen LogP contribution in [0.15, 0.2) is 24.4 Å². The van der Waals surface area contributed by atoms with Gasteiger partial charge in [0.1, 0.15) is 0 Å². The van der Waals surface area contributed by atoms with Gasteiger partial charge in [0, 0.05) is 5.56 Å². The van der Waals surface area contributed by atoms with Crippen LogP contribution in [0.3, 0.4) is 0 Å². The van der Waals surface area contributed by atoms with E-state index in [0.717, 1.165) is 0 Å². The third-order valence-corrected chi connectivity index (χ3v) is 2.26. The highest BCUT2D eigenvalue weighted by Gasteiger charge is 2.07. The Morgan fingerprint density at radius 2 is 2.35 bits per heavy atom. The Morgan fingerprint density at radius 1 is 1.53 bits per heavy atom. The Morgan fingerprint density at radius 3 is 2.94 bits per heavy atom. The van der Waals surface area contributed by atoms with Crippen LogP contribution in [0.2, 0.25) is 0 Å². The first-order chi connectivity index (χ1) is 8.24. The number of nitrogens with zero attached hydrogens (tertiary/aromatic N) is 1. The number of rotatable bonds is 4. The number of aromatic nitrogens is 2. The molecule has 5 nitrogen and oxygen atoms in total. The van der Waals surface area contributed by atoms with Crippen molar-refractivity contribution in [3.05, 3.63) is 30.2 Å². The number of H-pyrrole nitrogens is 1. The molecule has 0 radical (unpaired) electrons. The molecule has 0 amide bonds. The summed E-state index contributed by atoms with van der Waals surface area (Å²) in [5.74, 6) is 5.46. The fourth-order valence-corrected chi connectivity index (χ4v) is 1.48. The lowest BCUT2D eigenvalue weighted by molar-refractivity contribution is 0.321. The fourth-order valence-electron chi connectivity index (χ4n) is 1.48. The van der Waals surface area contributed by atoms with Crippen LogP contribution in [0.1, 0.15) is 6.92 Å². The standard InChI is InChI=1S/C11H13FN4O/c1-2-17-10-4-3-7(5-8(10)12)9-6-14-11(15-9)16-13/h3-6H,2,13H2,1H3,(H2,14,15,16). The van der Waals surface area contributed by atoms with E-state index in [-0.39, 0.29) is 5.75 Å². The van der Waals surface area contributed by atoms with Crippen LogP contribution in [0.25, 0.3) is 11.3 Å². The summed E-state index contributed by atoms with van der Waals surface area (Å²) in [7, 11) is 0. The molecule has 17 heavy (non-hydrogen) atoms. The molecule has 1 aromatic carbocycles. The van der Waals surface area contributed by atoms with Crippen LogP contribution in [0, 0.1) is 5.82 Å². The van der Waals surface area contributed by atoms with Crippen LogP contribution >= 0.6 is 0 Å². The summed E-state index contributed by atoms with van der Waals surface area (Å²) >= 11 is 0. The van der Waals surface area contributed by atoms with Gasteiger partial charge in [-0.3, -0.25) is 5.43 Å². The van der Waals surface area contributed by atoms with Gasteiger partial charge in [0.25, 0.3) is 0 Å². The van der Waals surface area contributed by atoms with Crippen LogP contribution in [-0.2, 0) is 0 Å². The average molecular weight is 236 g/mol. The summed E-state index contributed by atoms with van der Waals surface area (Å²) in [6, 6.07) is 4.73. The molecule has 0 saturated carbocycles. The van der Waals surface area contributed by atoms with Gasteiger partial charge >= 0.3 is 0 Å². The van der Waals surface area contributed by atoms with E-state index in [4.69, 9.17) is 10.6 Å². The van der Waals surface area contributed by atoms with E-state index in [1.54, 1.807) is 25.3 Å². The van der Waals surface area contributed by atoms with Crippen molar-refractivity contribution in [3.63, 3.8) is 0 Å². The minimum Gasteiger partial charge on any atom is -0.491 e. The number of hydrazine groups is 1. The molecule has 0 saturated heterocycles. The van der Waals surface area contributed by atoms with Crippen molar-refractivity contribution < 1.29 is 9.13 Å². The first kappa shape index (κ1) is 11.4. The second-order valence-electron chi connectivity index (χ2n) is 3.37. The van der Waals surface area contributed by atoms with Gasteiger partial charge in [-0.25, -0.2) is 15.2 Å². The van der Waals surface area contributed by atoms with Crippen LogP contribution in [0.5, 0.6) is 5.75 Å². The number of nitrogens with two attached hydrogens (primary N) is 1. The maximum absolute atomic E-state index is 13.6.